The molecule has 5 rings (SSSR count). The van der Waals surface area contributed by atoms with Crippen LogP contribution in [0.15, 0.2) is 85.5 Å². The van der Waals surface area contributed by atoms with Crippen LogP contribution in [0.25, 0.3) is 27.9 Å². The fraction of sp³-hybridized carbons (Fsp3) is 0.120. The Morgan fingerprint density at radius 2 is 1.72 bits per heavy atom. The molecule has 0 unspecified atom stereocenters. The van der Waals surface area contributed by atoms with Crippen LogP contribution in [-0.4, -0.2) is 16.2 Å². The zero-order chi connectivity index (χ0) is 22.4. The van der Waals surface area contributed by atoms with Crippen molar-refractivity contribution in [2.24, 2.45) is 5.10 Å². The zero-order valence-corrected chi connectivity index (χ0v) is 17.5. The van der Waals surface area contributed by atoms with Gasteiger partial charge in [0.2, 0.25) is 5.43 Å². The quantitative estimate of drug-likeness (QED) is 0.368. The van der Waals surface area contributed by atoms with Crippen LogP contribution in [0.2, 0.25) is 0 Å². The standard InChI is InChI=1S/C25H19N3O4/c1-3-27-20-12-8-7-11-18(20)23-21(25(27)31)22(29)16(14-32-23)13-19-15(2)26-28(24(19)30)17-9-5-4-6-10-17/h4-14H,3H2,1-2H3/b19-13+. The van der Waals surface area contributed by atoms with Gasteiger partial charge >= 0.3 is 0 Å². The maximum Gasteiger partial charge on any atom is 0.280 e. The lowest BCUT2D eigenvalue weighted by Crippen LogP contribution is -2.25. The van der Waals surface area contributed by atoms with E-state index in [1.54, 1.807) is 23.6 Å². The lowest BCUT2D eigenvalue weighted by Gasteiger charge is -2.11. The maximum absolute atomic E-state index is 13.3. The molecule has 0 saturated heterocycles. The van der Waals surface area contributed by atoms with Crippen molar-refractivity contribution in [3.63, 3.8) is 0 Å². The van der Waals surface area contributed by atoms with Gasteiger partial charge in [0.15, 0.2) is 5.58 Å². The fourth-order valence-electron chi connectivity index (χ4n) is 4.02. The van der Waals surface area contributed by atoms with Crippen LogP contribution < -0.4 is 16.0 Å². The predicted octanol–water partition coefficient (Wildman–Crippen LogP) is 3.93. The van der Waals surface area contributed by atoms with Crippen LogP contribution in [0.1, 0.15) is 19.4 Å². The Morgan fingerprint density at radius 3 is 2.47 bits per heavy atom. The highest BCUT2D eigenvalue weighted by Crippen LogP contribution is 2.25. The first-order valence-corrected chi connectivity index (χ1v) is 10.2. The lowest BCUT2D eigenvalue weighted by atomic mass is 10.1. The number of anilines is 1. The van der Waals surface area contributed by atoms with Crippen LogP contribution in [0.5, 0.6) is 0 Å². The highest BCUT2D eigenvalue weighted by atomic mass is 16.3. The third-order valence-corrected chi connectivity index (χ3v) is 5.60. The molecule has 0 atom stereocenters. The Bertz CT molecular complexity index is 1580. The number of rotatable bonds is 3. The summed E-state index contributed by atoms with van der Waals surface area (Å²) in [5, 5.41) is 6.28. The van der Waals surface area contributed by atoms with Crippen LogP contribution in [0.4, 0.5) is 5.69 Å². The summed E-state index contributed by atoms with van der Waals surface area (Å²) in [5.74, 6) is -0.349. The average Bonchev–Trinajstić information content (AvgIpc) is 3.09. The molecule has 158 valence electrons. The number of hydrazone groups is 1. The molecule has 1 aliphatic heterocycles. The topological polar surface area (TPSA) is 84.9 Å². The molecule has 2 aromatic heterocycles. The van der Waals surface area contributed by atoms with Crippen LogP contribution in [0, 0.1) is 0 Å². The third-order valence-electron chi connectivity index (χ3n) is 5.60. The van der Waals surface area contributed by atoms with Gasteiger partial charge in [-0.1, -0.05) is 30.3 Å². The second-order valence-corrected chi connectivity index (χ2v) is 7.49. The van der Waals surface area contributed by atoms with Gasteiger partial charge in [0.25, 0.3) is 11.5 Å². The summed E-state index contributed by atoms with van der Waals surface area (Å²) in [6.07, 6.45) is 2.74. The summed E-state index contributed by atoms with van der Waals surface area (Å²) < 4.78 is 7.34. The van der Waals surface area contributed by atoms with Crippen molar-refractivity contribution >= 4 is 45.3 Å². The van der Waals surface area contributed by atoms with Crippen molar-refractivity contribution in [2.45, 2.75) is 20.4 Å². The van der Waals surface area contributed by atoms with E-state index in [0.717, 1.165) is 0 Å². The minimum atomic E-state index is -0.476. The number of amides is 1. The molecule has 2 aromatic carbocycles. The normalized spacial score (nSPS) is 15.2. The third kappa shape index (κ3) is 2.90. The van der Waals surface area contributed by atoms with E-state index in [1.165, 1.54) is 17.3 Å². The number of fused-ring (bicyclic) bond motifs is 3. The van der Waals surface area contributed by atoms with E-state index in [-0.39, 0.29) is 28.0 Å². The Balaban J connectivity index is 1.70. The van der Waals surface area contributed by atoms with E-state index in [1.807, 2.05) is 49.4 Å². The Labute approximate surface area is 182 Å². The van der Waals surface area contributed by atoms with Crippen molar-refractivity contribution in [2.75, 3.05) is 5.01 Å². The van der Waals surface area contributed by atoms with Crippen LogP contribution in [-0.2, 0) is 11.3 Å². The number of carbonyl (C=O) groups excluding carboxylic acids is 1. The highest BCUT2D eigenvalue weighted by molar-refractivity contribution is 6.32. The molecule has 0 saturated carbocycles. The molecule has 3 heterocycles. The van der Waals surface area contributed by atoms with Gasteiger partial charge in [0.05, 0.1) is 28.1 Å². The molecule has 1 amide bonds. The van der Waals surface area contributed by atoms with Gasteiger partial charge < -0.3 is 8.98 Å². The second-order valence-electron chi connectivity index (χ2n) is 7.49. The number of aryl methyl sites for hydroxylation is 1. The fourth-order valence-corrected chi connectivity index (χ4v) is 4.02. The van der Waals surface area contributed by atoms with E-state index >= 15 is 0 Å². The van der Waals surface area contributed by atoms with E-state index < -0.39 is 11.0 Å². The summed E-state index contributed by atoms with van der Waals surface area (Å²) in [7, 11) is 0. The summed E-state index contributed by atoms with van der Waals surface area (Å²) in [6.45, 7) is 3.96. The van der Waals surface area contributed by atoms with Gasteiger partial charge in [-0.05, 0) is 44.2 Å². The smallest absolute Gasteiger partial charge is 0.280 e. The molecule has 7 nitrogen and oxygen atoms in total. The van der Waals surface area contributed by atoms with Crippen molar-refractivity contribution in [3.8, 4) is 0 Å². The first-order chi connectivity index (χ1) is 15.5. The highest BCUT2D eigenvalue weighted by Gasteiger charge is 2.29. The molecule has 0 N–H and O–H groups in total. The van der Waals surface area contributed by atoms with Gasteiger partial charge in [0, 0.05) is 11.9 Å². The van der Waals surface area contributed by atoms with Gasteiger partial charge in [-0.3, -0.25) is 14.4 Å². The number of hydrogen-bond acceptors (Lipinski definition) is 5. The molecule has 0 spiro atoms. The molecular weight excluding hydrogens is 406 g/mol. The average molecular weight is 425 g/mol. The number of carbonyl (C=O) groups is 1. The Morgan fingerprint density at radius 1 is 1.00 bits per heavy atom. The molecule has 4 aromatic rings. The summed E-state index contributed by atoms with van der Waals surface area (Å²) >= 11 is 0. The number of aromatic nitrogens is 1. The first kappa shape index (κ1) is 19.7. The second kappa shape index (κ2) is 7.46. The van der Waals surface area contributed by atoms with E-state index in [4.69, 9.17) is 4.42 Å². The van der Waals surface area contributed by atoms with Crippen LogP contribution >= 0.6 is 0 Å². The van der Waals surface area contributed by atoms with Gasteiger partial charge in [-0.15, -0.1) is 0 Å². The largest absolute Gasteiger partial charge is 0.463 e. The summed E-state index contributed by atoms with van der Waals surface area (Å²) in [5.41, 5.74) is 1.56. The molecule has 32 heavy (non-hydrogen) atoms. The number of pyridine rings is 1. The van der Waals surface area contributed by atoms with Crippen molar-refractivity contribution in [1.29, 1.82) is 0 Å². The van der Waals surface area contributed by atoms with E-state index in [0.29, 0.717) is 28.8 Å². The number of benzene rings is 2. The molecule has 0 radical (unpaired) electrons. The minimum Gasteiger partial charge on any atom is -0.463 e. The van der Waals surface area contributed by atoms with E-state index in [9.17, 15) is 14.4 Å². The minimum absolute atomic E-state index is 0.0279. The Hall–Kier alpha value is -4.26. The maximum atomic E-state index is 13.3. The molecule has 1 aliphatic rings. The van der Waals surface area contributed by atoms with Crippen LogP contribution in [0.3, 0.4) is 0 Å². The van der Waals surface area contributed by atoms with Gasteiger partial charge in [-0.25, -0.2) is 0 Å². The number of nitrogens with zero attached hydrogens (tertiary/aromatic N) is 3. The van der Waals surface area contributed by atoms with E-state index in [2.05, 4.69) is 5.10 Å². The van der Waals surface area contributed by atoms with Crippen molar-refractivity contribution < 1.29 is 9.21 Å². The van der Waals surface area contributed by atoms with Gasteiger partial charge in [-0.2, -0.15) is 10.1 Å². The predicted molar refractivity (Wildman–Crippen MR) is 125 cm³/mol. The summed E-state index contributed by atoms with van der Waals surface area (Å²) in [4.78, 5) is 39.4. The first-order valence-electron chi connectivity index (χ1n) is 10.2. The molecule has 0 bridgehead atoms. The Kier molecular flexibility index (Phi) is 4.59. The SMILES string of the molecule is CCn1c(=O)c2c(=O)c(/C=C3/C(=O)N(c4ccccc4)N=C3C)coc2c2ccccc21. The number of para-hydroxylation sites is 2. The molecule has 0 aliphatic carbocycles. The molecule has 7 heteroatoms. The van der Waals surface area contributed by atoms with Gasteiger partial charge in [0.1, 0.15) is 11.6 Å². The monoisotopic (exact) mass is 425 g/mol. The molecule has 0 fully saturated rings. The number of hydrogen-bond donors (Lipinski definition) is 0. The van der Waals surface area contributed by atoms with Crippen molar-refractivity contribution in [3.05, 3.63) is 92.6 Å². The summed E-state index contributed by atoms with van der Waals surface area (Å²) in [6, 6.07) is 16.3. The lowest BCUT2D eigenvalue weighted by molar-refractivity contribution is -0.114. The van der Waals surface area contributed by atoms with Crippen molar-refractivity contribution in [1.82, 2.24) is 4.57 Å². The molecular formula is C25H19N3O4. The zero-order valence-electron chi connectivity index (χ0n) is 17.5.